The van der Waals surface area contributed by atoms with E-state index in [4.69, 9.17) is 12.6 Å². The molecule has 0 aliphatic heterocycles. The Bertz CT molecular complexity index is 87.3. The van der Waals surface area contributed by atoms with E-state index >= 15 is 0 Å². The molecule has 0 aromatic heterocycles. The molecule has 0 aromatic carbocycles. The molecule has 0 aliphatic carbocycles. The summed E-state index contributed by atoms with van der Waals surface area (Å²) in [6.07, 6.45) is 1.98. The van der Waals surface area contributed by atoms with Crippen LogP contribution in [0.2, 0.25) is 0 Å². The minimum atomic E-state index is -0.395. The maximum Gasteiger partial charge on any atom is 0.113 e. The van der Waals surface area contributed by atoms with E-state index in [9.17, 15) is 0 Å². The predicted octanol–water partition coefficient (Wildman–Crippen LogP) is 2.10. The number of hydrogen-bond donors (Lipinski definition) is 0. The van der Waals surface area contributed by atoms with Crippen molar-refractivity contribution in [2.75, 3.05) is 0 Å². The second-order valence-electron chi connectivity index (χ2n) is 2.94. The Labute approximate surface area is 65.6 Å². The molecule has 0 bridgehead atoms. The second kappa shape index (κ2) is 4.02. The van der Waals surface area contributed by atoms with Crippen molar-refractivity contribution in [3.8, 4) is 0 Å². The molecule has 2 heteroatoms. The van der Waals surface area contributed by atoms with E-state index in [1.165, 1.54) is 0 Å². The van der Waals surface area contributed by atoms with E-state index in [-0.39, 0.29) is 6.10 Å². The SMILES string of the molecule is [B]C(CC)(CC)OC(C)C. The lowest BCUT2D eigenvalue weighted by atomic mass is 9.77. The van der Waals surface area contributed by atoms with Gasteiger partial charge in [0, 0.05) is 5.50 Å². The van der Waals surface area contributed by atoms with Gasteiger partial charge in [-0.25, -0.2) is 0 Å². The van der Waals surface area contributed by atoms with Gasteiger partial charge in [-0.3, -0.25) is 0 Å². The summed E-state index contributed by atoms with van der Waals surface area (Å²) in [6.45, 7) is 8.11. The molecule has 0 unspecified atom stereocenters. The average Bonchev–Trinajstić information content (AvgIpc) is 1.87. The summed E-state index contributed by atoms with van der Waals surface area (Å²) in [5.74, 6) is 0. The summed E-state index contributed by atoms with van der Waals surface area (Å²) in [5, 5.41) is 0. The van der Waals surface area contributed by atoms with Gasteiger partial charge < -0.3 is 4.74 Å². The molecule has 0 atom stereocenters. The summed E-state index contributed by atoms with van der Waals surface area (Å²) < 4.78 is 5.51. The van der Waals surface area contributed by atoms with E-state index in [1.54, 1.807) is 0 Å². The molecule has 58 valence electrons. The van der Waals surface area contributed by atoms with Crippen LogP contribution < -0.4 is 0 Å². The van der Waals surface area contributed by atoms with Crippen LogP contribution >= 0.6 is 0 Å². The Hall–Kier alpha value is 0.0249. The maximum atomic E-state index is 5.88. The molecule has 0 heterocycles. The monoisotopic (exact) mass is 140 g/mol. The van der Waals surface area contributed by atoms with Gasteiger partial charge in [-0.05, 0) is 26.7 Å². The second-order valence-corrected chi connectivity index (χ2v) is 2.94. The van der Waals surface area contributed by atoms with Crippen LogP contribution in [0.15, 0.2) is 0 Å². The predicted molar refractivity (Wildman–Crippen MR) is 45.3 cm³/mol. The van der Waals surface area contributed by atoms with Gasteiger partial charge in [0.2, 0.25) is 0 Å². The molecule has 0 aromatic rings. The van der Waals surface area contributed by atoms with Crippen molar-refractivity contribution in [3.63, 3.8) is 0 Å². The maximum absolute atomic E-state index is 5.88. The molecule has 0 N–H and O–H groups in total. The summed E-state index contributed by atoms with van der Waals surface area (Å²) in [7, 11) is 5.88. The molecule has 0 saturated heterocycles. The summed E-state index contributed by atoms with van der Waals surface area (Å²) in [4.78, 5) is 0. The molecule has 2 radical (unpaired) electrons. The first-order valence-corrected chi connectivity index (χ1v) is 4.00. The lowest BCUT2D eigenvalue weighted by Gasteiger charge is -2.30. The standard InChI is InChI=1S/C8H17BO/c1-5-8(9,6-2)10-7(3)4/h7H,5-6H2,1-4H3. The largest absolute Gasteiger partial charge is 0.382 e. The van der Waals surface area contributed by atoms with Crippen LogP contribution in [0.4, 0.5) is 0 Å². The Kier molecular flexibility index (Phi) is 4.03. The Morgan fingerprint density at radius 2 is 1.70 bits per heavy atom. The lowest BCUT2D eigenvalue weighted by Crippen LogP contribution is -2.34. The minimum absolute atomic E-state index is 0.227. The number of rotatable bonds is 4. The lowest BCUT2D eigenvalue weighted by molar-refractivity contribution is -0.0274. The Morgan fingerprint density at radius 3 is 1.80 bits per heavy atom. The van der Waals surface area contributed by atoms with Gasteiger partial charge in [0.25, 0.3) is 0 Å². The minimum Gasteiger partial charge on any atom is -0.382 e. The van der Waals surface area contributed by atoms with Crippen molar-refractivity contribution in [1.29, 1.82) is 0 Å². The molecule has 0 amide bonds. The summed E-state index contributed by atoms with van der Waals surface area (Å²) >= 11 is 0. The fourth-order valence-corrected chi connectivity index (χ4v) is 0.886. The van der Waals surface area contributed by atoms with Crippen LogP contribution in [0, 0.1) is 0 Å². The van der Waals surface area contributed by atoms with Crippen molar-refractivity contribution in [1.82, 2.24) is 0 Å². The topological polar surface area (TPSA) is 9.23 Å². The zero-order valence-electron chi connectivity index (χ0n) is 7.48. The highest BCUT2D eigenvalue weighted by Crippen LogP contribution is 2.17. The van der Waals surface area contributed by atoms with Gasteiger partial charge in [0.05, 0.1) is 6.10 Å². The van der Waals surface area contributed by atoms with Crippen LogP contribution in [-0.4, -0.2) is 19.5 Å². The number of hydrogen-bond acceptors (Lipinski definition) is 1. The average molecular weight is 140 g/mol. The normalized spacial score (nSPS) is 12.5. The first kappa shape index (κ1) is 10.0. The molecule has 0 rings (SSSR count). The molecular weight excluding hydrogens is 123 g/mol. The van der Waals surface area contributed by atoms with Gasteiger partial charge in [-0.15, -0.1) is 0 Å². The van der Waals surface area contributed by atoms with Crippen LogP contribution in [-0.2, 0) is 4.74 Å². The molecule has 0 spiro atoms. The van der Waals surface area contributed by atoms with Gasteiger partial charge in [0.1, 0.15) is 7.85 Å². The highest BCUT2D eigenvalue weighted by Gasteiger charge is 2.20. The smallest absolute Gasteiger partial charge is 0.113 e. The Morgan fingerprint density at radius 1 is 1.30 bits per heavy atom. The van der Waals surface area contributed by atoms with Gasteiger partial charge in [-0.2, -0.15) is 0 Å². The van der Waals surface area contributed by atoms with Crippen LogP contribution in [0.1, 0.15) is 40.5 Å². The third kappa shape index (κ3) is 3.26. The third-order valence-corrected chi connectivity index (χ3v) is 1.67. The van der Waals surface area contributed by atoms with Crippen molar-refractivity contribution in [2.24, 2.45) is 0 Å². The molecular formula is C8H17BO. The van der Waals surface area contributed by atoms with E-state index in [0.29, 0.717) is 0 Å². The van der Waals surface area contributed by atoms with Crippen LogP contribution in [0.3, 0.4) is 0 Å². The fourth-order valence-electron chi connectivity index (χ4n) is 0.886. The summed E-state index contributed by atoms with van der Waals surface area (Å²) in [6, 6.07) is 0. The van der Waals surface area contributed by atoms with Gasteiger partial charge >= 0.3 is 0 Å². The van der Waals surface area contributed by atoms with Crippen molar-refractivity contribution < 1.29 is 4.74 Å². The van der Waals surface area contributed by atoms with E-state index in [0.717, 1.165) is 12.8 Å². The zero-order chi connectivity index (χ0) is 8.20. The van der Waals surface area contributed by atoms with Crippen molar-refractivity contribution in [2.45, 2.75) is 52.1 Å². The molecule has 1 nitrogen and oxygen atoms in total. The Balaban J connectivity index is 3.80. The summed E-state index contributed by atoms with van der Waals surface area (Å²) in [5.41, 5.74) is -0.395. The van der Waals surface area contributed by atoms with E-state index in [2.05, 4.69) is 0 Å². The highest BCUT2D eigenvalue weighted by atomic mass is 16.5. The molecule has 0 fully saturated rings. The van der Waals surface area contributed by atoms with Crippen LogP contribution in [0.25, 0.3) is 0 Å². The highest BCUT2D eigenvalue weighted by molar-refractivity contribution is 6.14. The first-order valence-electron chi connectivity index (χ1n) is 4.00. The molecule has 10 heavy (non-hydrogen) atoms. The zero-order valence-corrected chi connectivity index (χ0v) is 7.48. The van der Waals surface area contributed by atoms with Crippen LogP contribution in [0.5, 0.6) is 0 Å². The molecule has 0 aliphatic rings. The third-order valence-electron chi connectivity index (χ3n) is 1.67. The van der Waals surface area contributed by atoms with E-state index < -0.39 is 5.50 Å². The first-order chi connectivity index (χ1) is 4.54. The van der Waals surface area contributed by atoms with Gasteiger partial charge in [-0.1, -0.05) is 13.8 Å². The number of ether oxygens (including phenoxy) is 1. The quantitative estimate of drug-likeness (QED) is 0.543. The van der Waals surface area contributed by atoms with E-state index in [1.807, 2.05) is 27.7 Å². The van der Waals surface area contributed by atoms with Gasteiger partial charge in [0.15, 0.2) is 0 Å². The fraction of sp³-hybridized carbons (Fsp3) is 1.00. The molecule has 0 saturated carbocycles. The van der Waals surface area contributed by atoms with Crippen molar-refractivity contribution >= 4 is 7.85 Å². The van der Waals surface area contributed by atoms with Crippen molar-refractivity contribution in [3.05, 3.63) is 0 Å².